The van der Waals surface area contributed by atoms with Crippen molar-refractivity contribution in [1.29, 1.82) is 0 Å². The number of hydrogen-bond donors (Lipinski definition) is 1. The van der Waals surface area contributed by atoms with Gasteiger partial charge in [-0.3, -0.25) is 18.6 Å². The Labute approximate surface area is 356 Å². The highest BCUT2D eigenvalue weighted by Crippen LogP contribution is 2.43. The number of phosphoric acid groups is 1. The van der Waals surface area contributed by atoms with Crippen molar-refractivity contribution in [2.75, 3.05) is 47.5 Å². The number of esters is 2. The highest BCUT2D eigenvalue weighted by atomic mass is 31.2. The fraction of sp³-hybridized carbons (Fsp3) is 0.750. The van der Waals surface area contributed by atoms with Crippen LogP contribution in [0.25, 0.3) is 0 Å². The summed E-state index contributed by atoms with van der Waals surface area (Å²) in [6, 6.07) is 0. The van der Waals surface area contributed by atoms with Crippen LogP contribution in [-0.4, -0.2) is 74.9 Å². The maximum atomic E-state index is 12.7. The predicted molar refractivity (Wildman–Crippen MR) is 243 cm³/mol. The highest BCUT2D eigenvalue weighted by molar-refractivity contribution is 7.47. The number of likely N-dealkylation sites (N-methyl/N-ethyl adjacent to an activating group) is 1. The lowest BCUT2D eigenvalue weighted by atomic mass is 10.1. The van der Waals surface area contributed by atoms with Gasteiger partial charge in [-0.15, -0.1) is 0 Å². The lowest BCUT2D eigenvalue weighted by Gasteiger charge is -2.24. The quantitative estimate of drug-likeness (QED) is 0.0213. The number of unbranched alkanes of at least 4 members (excludes halogenated alkanes) is 17. The molecule has 9 nitrogen and oxygen atoms in total. The summed E-state index contributed by atoms with van der Waals surface area (Å²) in [6.45, 7) is 4.30. The average Bonchev–Trinajstić information content (AvgIpc) is 3.17. The molecule has 0 bridgehead atoms. The summed E-state index contributed by atoms with van der Waals surface area (Å²) in [7, 11) is 1.45. The van der Waals surface area contributed by atoms with Gasteiger partial charge in [-0.05, 0) is 77.0 Å². The first-order valence-corrected chi connectivity index (χ1v) is 24.5. The van der Waals surface area contributed by atoms with Crippen LogP contribution in [0.3, 0.4) is 0 Å². The van der Waals surface area contributed by atoms with E-state index in [2.05, 4.69) is 74.6 Å². The topological polar surface area (TPSA) is 108 Å². The number of allylic oxidation sites excluding steroid dienone is 10. The maximum Gasteiger partial charge on any atom is 0.472 e. The number of phosphoric ester groups is 1. The van der Waals surface area contributed by atoms with Crippen LogP contribution in [0.15, 0.2) is 60.8 Å². The molecule has 2 atom stereocenters. The van der Waals surface area contributed by atoms with Gasteiger partial charge in [0.15, 0.2) is 6.10 Å². The Morgan fingerprint density at radius 3 is 1.48 bits per heavy atom. The summed E-state index contributed by atoms with van der Waals surface area (Å²) in [4.78, 5) is 35.4. The van der Waals surface area contributed by atoms with Crippen LogP contribution in [-0.2, 0) is 32.7 Å². The summed E-state index contributed by atoms with van der Waals surface area (Å²) in [5.74, 6) is -0.839. The van der Waals surface area contributed by atoms with E-state index in [0.717, 1.165) is 64.2 Å². The molecule has 58 heavy (non-hydrogen) atoms. The molecule has 0 aliphatic carbocycles. The van der Waals surface area contributed by atoms with E-state index in [1.807, 2.05) is 21.1 Å². The Balaban J connectivity index is 4.40. The first-order chi connectivity index (χ1) is 28.0. The third kappa shape index (κ3) is 43.3. The Bertz CT molecular complexity index is 1170. The number of hydrogen-bond acceptors (Lipinski definition) is 7. The first-order valence-electron chi connectivity index (χ1n) is 23.0. The van der Waals surface area contributed by atoms with Gasteiger partial charge in [0.05, 0.1) is 27.7 Å². The Morgan fingerprint density at radius 2 is 0.966 bits per heavy atom. The molecule has 0 heterocycles. The molecule has 0 aromatic carbocycles. The molecule has 0 radical (unpaired) electrons. The molecule has 0 saturated carbocycles. The van der Waals surface area contributed by atoms with Crippen molar-refractivity contribution in [3.05, 3.63) is 60.8 Å². The standard InChI is InChI=1S/C48H86NO8P/c1-6-8-10-12-14-16-18-20-22-24-26-28-30-32-34-36-38-40-47(50)54-44-46(45-56-58(52,53)55-43-42-49(3,4)5)57-48(51)41-39-37-35-33-31-29-27-25-23-21-19-17-15-13-11-9-7-2/h10,12,16-19,22,24,28,30,46H,6-9,11,13-15,20-21,23,25-27,29,31-45H2,1-5H3/p+1/b12-10+,18-16+,19-17+,24-22+,30-28+/t46-/m1/s1. The summed E-state index contributed by atoms with van der Waals surface area (Å²) < 4.78 is 34.3. The summed E-state index contributed by atoms with van der Waals surface area (Å²) in [5, 5.41) is 0. The van der Waals surface area contributed by atoms with E-state index in [-0.39, 0.29) is 26.1 Å². The van der Waals surface area contributed by atoms with Crippen molar-refractivity contribution >= 4 is 19.8 Å². The number of quaternary nitrogens is 1. The van der Waals surface area contributed by atoms with Gasteiger partial charge < -0.3 is 18.9 Å². The SMILES string of the molecule is CCC/C=C/C/C=C/C/C=C/C/C=C/CCCCCC(=O)OC[C@H](COP(=O)(O)OCC[N+](C)(C)C)OC(=O)CCCCCCCCCCC/C=C/CCCCCC. The van der Waals surface area contributed by atoms with Crippen molar-refractivity contribution in [3.8, 4) is 0 Å². The van der Waals surface area contributed by atoms with Gasteiger partial charge in [-0.2, -0.15) is 0 Å². The molecule has 0 spiro atoms. The molecule has 336 valence electrons. The fourth-order valence-corrected chi connectivity index (χ4v) is 6.62. The predicted octanol–water partition coefficient (Wildman–Crippen LogP) is 13.2. The van der Waals surface area contributed by atoms with E-state index >= 15 is 0 Å². The lowest BCUT2D eigenvalue weighted by molar-refractivity contribution is -0.870. The van der Waals surface area contributed by atoms with Crippen molar-refractivity contribution < 1.29 is 42.1 Å². The van der Waals surface area contributed by atoms with E-state index < -0.39 is 32.5 Å². The second-order valence-electron chi connectivity index (χ2n) is 16.4. The number of ether oxygens (including phenoxy) is 2. The molecule has 0 aromatic rings. The zero-order valence-electron chi connectivity index (χ0n) is 37.8. The van der Waals surface area contributed by atoms with Crippen LogP contribution in [0, 0.1) is 0 Å². The van der Waals surface area contributed by atoms with Crippen LogP contribution in [0.1, 0.15) is 181 Å². The molecule has 1 N–H and O–H groups in total. The molecule has 0 aliphatic heterocycles. The second-order valence-corrected chi connectivity index (χ2v) is 17.9. The molecule has 0 rings (SSSR count). The highest BCUT2D eigenvalue weighted by Gasteiger charge is 2.27. The first kappa shape index (κ1) is 55.7. The van der Waals surface area contributed by atoms with Gasteiger partial charge in [-0.1, -0.05) is 152 Å². The van der Waals surface area contributed by atoms with Gasteiger partial charge in [0, 0.05) is 12.8 Å². The summed E-state index contributed by atoms with van der Waals surface area (Å²) in [5.41, 5.74) is 0. The maximum absolute atomic E-state index is 12.7. The minimum atomic E-state index is -4.39. The van der Waals surface area contributed by atoms with E-state index in [1.54, 1.807) is 0 Å². The van der Waals surface area contributed by atoms with E-state index in [4.69, 9.17) is 18.5 Å². The van der Waals surface area contributed by atoms with Gasteiger partial charge in [0.25, 0.3) is 0 Å². The van der Waals surface area contributed by atoms with E-state index in [1.165, 1.54) is 77.0 Å². The van der Waals surface area contributed by atoms with Crippen LogP contribution in [0.2, 0.25) is 0 Å². The third-order valence-corrected chi connectivity index (χ3v) is 10.5. The zero-order valence-corrected chi connectivity index (χ0v) is 38.7. The van der Waals surface area contributed by atoms with Gasteiger partial charge in [0.2, 0.25) is 0 Å². The monoisotopic (exact) mass is 837 g/mol. The van der Waals surface area contributed by atoms with Gasteiger partial charge >= 0.3 is 19.8 Å². The summed E-state index contributed by atoms with van der Waals surface area (Å²) in [6.07, 6.45) is 48.3. The number of nitrogens with zero attached hydrogens (tertiary/aromatic N) is 1. The van der Waals surface area contributed by atoms with Crippen molar-refractivity contribution in [2.24, 2.45) is 0 Å². The molecule has 10 heteroatoms. The normalized spacial score (nSPS) is 14.1. The van der Waals surface area contributed by atoms with Crippen LogP contribution < -0.4 is 0 Å². The van der Waals surface area contributed by atoms with E-state index in [9.17, 15) is 19.0 Å². The number of carbonyl (C=O) groups excluding carboxylic acids is 2. The van der Waals surface area contributed by atoms with Crippen LogP contribution in [0.5, 0.6) is 0 Å². The number of carbonyl (C=O) groups is 2. The molecular weight excluding hydrogens is 750 g/mol. The molecule has 0 aliphatic rings. The average molecular weight is 837 g/mol. The Hall–Kier alpha value is -2.29. The molecule has 1 unspecified atom stereocenters. The van der Waals surface area contributed by atoms with Crippen molar-refractivity contribution in [1.82, 2.24) is 0 Å². The third-order valence-electron chi connectivity index (χ3n) is 9.50. The molecule has 0 saturated heterocycles. The lowest BCUT2D eigenvalue weighted by Crippen LogP contribution is -2.37. The molecule has 0 fully saturated rings. The smallest absolute Gasteiger partial charge is 0.462 e. The van der Waals surface area contributed by atoms with Crippen LogP contribution >= 0.6 is 7.82 Å². The minimum Gasteiger partial charge on any atom is -0.462 e. The zero-order chi connectivity index (χ0) is 42.8. The minimum absolute atomic E-state index is 0.0238. The molecule has 0 amide bonds. The molecular formula is C48H87NO8P+. The summed E-state index contributed by atoms with van der Waals surface area (Å²) >= 11 is 0. The van der Waals surface area contributed by atoms with Crippen LogP contribution in [0.4, 0.5) is 0 Å². The number of rotatable bonds is 41. The molecule has 0 aromatic heterocycles. The van der Waals surface area contributed by atoms with Crippen molar-refractivity contribution in [3.63, 3.8) is 0 Å². The van der Waals surface area contributed by atoms with E-state index in [0.29, 0.717) is 23.9 Å². The second kappa shape index (κ2) is 40.1. The Kier molecular flexibility index (Phi) is 38.5. The largest absolute Gasteiger partial charge is 0.472 e. The van der Waals surface area contributed by atoms with Crippen molar-refractivity contribution in [2.45, 2.75) is 187 Å². The Morgan fingerprint density at radius 1 is 0.534 bits per heavy atom. The van der Waals surface area contributed by atoms with Gasteiger partial charge in [0.1, 0.15) is 19.8 Å². The fourth-order valence-electron chi connectivity index (χ4n) is 5.88. The van der Waals surface area contributed by atoms with Gasteiger partial charge in [-0.25, -0.2) is 4.57 Å².